The van der Waals surface area contributed by atoms with Gasteiger partial charge in [-0.05, 0) is 50.3 Å². The molecule has 1 fully saturated rings. The lowest BCUT2D eigenvalue weighted by molar-refractivity contribution is 0.0823. The van der Waals surface area contributed by atoms with E-state index >= 15 is 0 Å². The molecule has 4 rings (SSSR count). The van der Waals surface area contributed by atoms with Gasteiger partial charge in [-0.2, -0.15) is 0 Å². The summed E-state index contributed by atoms with van der Waals surface area (Å²) in [6, 6.07) is 18.6. The summed E-state index contributed by atoms with van der Waals surface area (Å²) in [7, 11) is 0. The van der Waals surface area contributed by atoms with Gasteiger partial charge in [0.05, 0.1) is 18.2 Å². The summed E-state index contributed by atoms with van der Waals surface area (Å²) in [6.07, 6.45) is 2.87. The van der Waals surface area contributed by atoms with Crippen LogP contribution < -0.4 is 10.1 Å². The minimum absolute atomic E-state index is 0.0307. The van der Waals surface area contributed by atoms with Gasteiger partial charge >= 0.3 is 0 Å². The number of carbonyl (C=O) groups is 1. The molecule has 0 aliphatic heterocycles. The molecule has 0 bridgehead atoms. The predicted octanol–water partition coefficient (Wildman–Crippen LogP) is 6.55. The minimum Gasteiger partial charge on any atom is -0.475 e. The molecule has 5 nitrogen and oxygen atoms in total. The summed E-state index contributed by atoms with van der Waals surface area (Å²) in [4.78, 5) is 20.6. The lowest BCUT2D eigenvalue weighted by Crippen LogP contribution is -2.50. The van der Waals surface area contributed by atoms with Gasteiger partial charge in [-0.15, -0.1) is 0 Å². The Morgan fingerprint density at radius 3 is 2.31 bits per heavy atom. The summed E-state index contributed by atoms with van der Waals surface area (Å²) < 4.78 is 5.61. The predicted molar refractivity (Wildman–Crippen MR) is 126 cm³/mol. The third-order valence-corrected chi connectivity index (χ3v) is 6.03. The van der Waals surface area contributed by atoms with Crippen LogP contribution in [0.2, 0.25) is 5.15 Å². The van der Waals surface area contributed by atoms with Crippen molar-refractivity contribution in [2.24, 2.45) is 0 Å². The molecular formula is C26H24ClN3O2. The lowest BCUT2D eigenvalue weighted by atomic mass is 9.71. The van der Waals surface area contributed by atoms with Gasteiger partial charge in [0.2, 0.25) is 5.88 Å². The molecule has 0 unspecified atom stereocenters. The van der Waals surface area contributed by atoms with Crippen molar-refractivity contribution in [1.29, 1.82) is 0 Å². The fourth-order valence-corrected chi connectivity index (χ4v) is 4.16. The Morgan fingerprint density at radius 1 is 1.09 bits per heavy atom. The molecule has 1 heterocycles. The van der Waals surface area contributed by atoms with Crippen molar-refractivity contribution in [3.63, 3.8) is 0 Å². The smallest absolute Gasteiger partial charge is 0.251 e. The van der Waals surface area contributed by atoms with E-state index in [1.165, 1.54) is 0 Å². The van der Waals surface area contributed by atoms with Crippen molar-refractivity contribution in [2.45, 2.75) is 44.8 Å². The number of hydrogen-bond acceptors (Lipinski definition) is 3. The van der Waals surface area contributed by atoms with Crippen molar-refractivity contribution in [2.75, 3.05) is 0 Å². The minimum atomic E-state index is -0.370. The summed E-state index contributed by atoms with van der Waals surface area (Å²) in [5, 5.41) is 3.62. The molecule has 1 aliphatic carbocycles. The molecule has 0 radical (unpaired) electrons. The molecule has 1 saturated carbocycles. The van der Waals surface area contributed by atoms with Crippen LogP contribution in [0.1, 0.15) is 49.0 Å². The average molecular weight is 446 g/mol. The number of pyridine rings is 1. The number of amides is 1. The molecule has 0 atom stereocenters. The van der Waals surface area contributed by atoms with Gasteiger partial charge in [-0.3, -0.25) is 4.79 Å². The maximum absolute atomic E-state index is 12.8. The molecular weight excluding hydrogens is 422 g/mol. The average Bonchev–Trinajstić information content (AvgIpc) is 2.76. The van der Waals surface area contributed by atoms with Crippen LogP contribution in [-0.4, -0.2) is 17.0 Å². The van der Waals surface area contributed by atoms with Gasteiger partial charge in [-0.1, -0.05) is 60.1 Å². The summed E-state index contributed by atoms with van der Waals surface area (Å²) in [5.74, 6) is 0.379. The van der Waals surface area contributed by atoms with Crippen molar-refractivity contribution < 1.29 is 9.53 Å². The number of benzene rings is 2. The molecule has 3 aromatic rings. The second-order valence-corrected chi connectivity index (χ2v) is 8.64. The van der Waals surface area contributed by atoms with Crippen molar-refractivity contribution in [1.82, 2.24) is 10.3 Å². The van der Waals surface area contributed by atoms with E-state index in [2.05, 4.69) is 15.1 Å². The SMILES string of the molecule is [C-]#[N+]c1ccc(C(=O)NC2(c3ccc(-c4ccc(OC(C)C)nc4Cl)cc3)CCC2)cc1. The van der Waals surface area contributed by atoms with Crippen LogP contribution in [-0.2, 0) is 5.54 Å². The number of nitrogens with one attached hydrogen (secondary N) is 1. The van der Waals surface area contributed by atoms with E-state index < -0.39 is 0 Å². The Bertz CT molecular complexity index is 1160. The quantitative estimate of drug-likeness (QED) is 0.345. The molecule has 6 heteroatoms. The van der Waals surface area contributed by atoms with Crippen LogP contribution in [0.15, 0.2) is 60.7 Å². The Balaban J connectivity index is 1.53. The zero-order valence-corrected chi connectivity index (χ0v) is 18.8. The first-order chi connectivity index (χ1) is 15.4. The summed E-state index contributed by atoms with van der Waals surface area (Å²) in [6.45, 7) is 10.9. The first kappa shape index (κ1) is 21.9. The second kappa shape index (κ2) is 9.02. The number of rotatable bonds is 6. The lowest BCUT2D eigenvalue weighted by Gasteiger charge is -2.43. The van der Waals surface area contributed by atoms with E-state index in [9.17, 15) is 4.79 Å². The van der Waals surface area contributed by atoms with Crippen LogP contribution in [0.25, 0.3) is 16.0 Å². The molecule has 1 aromatic heterocycles. The van der Waals surface area contributed by atoms with E-state index in [-0.39, 0.29) is 17.6 Å². The first-order valence-electron chi connectivity index (χ1n) is 10.6. The molecule has 1 N–H and O–H groups in total. The number of hydrogen-bond donors (Lipinski definition) is 1. The van der Waals surface area contributed by atoms with Gasteiger partial charge in [0, 0.05) is 17.2 Å². The van der Waals surface area contributed by atoms with Crippen molar-refractivity contribution in [3.05, 3.63) is 88.4 Å². The maximum Gasteiger partial charge on any atom is 0.251 e. The van der Waals surface area contributed by atoms with Crippen LogP contribution in [0.3, 0.4) is 0 Å². The van der Waals surface area contributed by atoms with E-state index in [1.807, 2.05) is 50.2 Å². The first-order valence-corrected chi connectivity index (χ1v) is 11.0. The summed E-state index contributed by atoms with van der Waals surface area (Å²) >= 11 is 6.41. The maximum atomic E-state index is 12.8. The van der Waals surface area contributed by atoms with E-state index in [1.54, 1.807) is 24.3 Å². The highest BCUT2D eigenvalue weighted by Gasteiger charge is 2.40. The zero-order valence-electron chi connectivity index (χ0n) is 18.1. The number of halogens is 1. The number of carbonyl (C=O) groups excluding carboxylic acids is 1. The standard InChI is InChI=1S/C26H24ClN3O2/c1-17(2)32-23-14-13-22(24(27)29-23)18-5-9-20(10-6-18)26(15-4-16-26)30-25(31)19-7-11-21(28-3)12-8-19/h5-14,17H,4,15-16H2,1-2H3,(H,30,31). The third kappa shape index (κ3) is 4.46. The van der Waals surface area contributed by atoms with Crippen LogP contribution >= 0.6 is 11.6 Å². The normalized spacial score (nSPS) is 14.3. The molecule has 32 heavy (non-hydrogen) atoms. The van der Waals surface area contributed by atoms with Gasteiger partial charge in [0.15, 0.2) is 5.69 Å². The van der Waals surface area contributed by atoms with Gasteiger partial charge in [-0.25, -0.2) is 9.83 Å². The Kier molecular flexibility index (Phi) is 6.16. The molecule has 1 aliphatic rings. The fourth-order valence-electron chi connectivity index (χ4n) is 3.90. The zero-order chi connectivity index (χ0) is 22.7. The largest absolute Gasteiger partial charge is 0.475 e. The molecule has 0 saturated heterocycles. The van der Waals surface area contributed by atoms with Crippen LogP contribution in [0, 0.1) is 6.57 Å². The highest BCUT2D eigenvalue weighted by atomic mass is 35.5. The van der Waals surface area contributed by atoms with Crippen molar-refractivity contribution in [3.8, 4) is 17.0 Å². The Hall–Kier alpha value is -3.36. The van der Waals surface area contributed by atoms with Crippen LogP contribution in [0.4, 0.5) is 5.69 Å². The Labute approximate surface area is 193 Å². The fraction of sp³-hybridized carbons (Fsp3) is 0.269. The molecule has 0 spiro atoms. The number of aromatic nitrogens is 1. The highest BCUT2D eigenvalue weighted by molar-refractivity contribution is 6.32. The third-order valence-electron chi connectivity index (χ3n) is 5.75. The monoisotopic (exact) mass is 445 g/mol. The van der Waals surface area contributed by atoms with Gasteiger partial charge in [0.25, 0.3) is 5.91 Å². The number of nitrogens with zero attached hydrogens (tertiary/aromatic N) is 2. The number of ether oxygens (including phenoxy) is 1. The van der Waals surface area contributed by atoms with Crippen LogP contribution in [0.5, 0.6) is 5.88 Å². The summed E-state index contributed by atoms with van der Waals surface area (Å²) in [5.41, 5.74) is 3.57. The molecule has 1 amide bonds. The Morgan fingerprint density at radius 2 is 1.78 bits per heavy atom. The molecule has 2 aromatic carbocycles. The van der Waals surface area contributed by atoms with Gasteiger partial charge < -0.3 is 10.1 Å². The topological polar surface area (TPSA) is 55.6 Å². The second-order valence-electron chi connectivity index (χ2n) is 8.28. The van der Waals surface area contributed by atoms with E-state index in [4.69, 9.17) is 22.9 Å². The van der Waals surface area contributed by atoms with Crippen molar-refractivity contribution >= 4 is 23.2 Å². The molecule has 162 valence electrons. The van der Waals surface area contributed by atoms with Gasteiger partial charge in [0.1, 0.15) is 5.15 Å². The van der Waals surface area contributed by atoms with E-state index in [0.29, 0.717) is 22.3 Å². The van der Waals surface area contributed by atoms with E-state index in [0.717, 1.165) is 36.0 Å². The highest BCUT2D eigenvalue weighted by Crippen LogP contribution is 2.42.